The molecule has 0 radical (unpaired) electrons. The highest BCUT2D eigenvalue weighted by Gasteiger charge is 2.29. The van der Waals surface area contributed by atoms with E-state index in [0.717, 1.165) is 28.1 Å². The normalized spacial score (nSPS) is 12.0. The number of nitrogens with zero attached hydrogens (tertiary/aromatic N) is 3. The Morgan fingerprint density at radius 3 is 1.88 bits per heavy atom. The molecule has 4 aromatic carbocycles. The van der Waals surface area contributed by atoms with Crippen LogP contribution in [0.1, 0.15) is 43.2 Å². The van der Waals surface area contributed by atoms with Crippen molar-refractivity contribution in [2.75, 3.05) is 5.32 Å². The van der Waals surface area contributed by atoms with E-state index < -0.39 is 10.0 Å². The van der Waals surface area contributed by atoms with Crippen molar-refractivity contribution in [2.24, 2.45) is 0 Å². The van der Waals surface area contributed by atoms with Gasteiger partial charge in [-0.2, -0.15) is 9.40 Å². The third kappa shape index (κ3) is 6.42. The molecule has 0 unspecified atom stereocenters. The van der Waals surface area contributed by atoms with Crippen LogP contribution in [-0.2, 0) is 28.5 Å². The van der Waals surface area contributed by atoms with E-state index in [1.54, 1.807) is 12.1 Å². The Morgan fingerprint density at radius 2 is 1.29 bits per heavy atom. The van der Waals surface area contributed by atoms with E-state index in [0.29, 0.717) is 11.5 Å². The van der Waals surface area contributed by atoms with Gasteiger partial charge in [0.05, 0.1) is 17.1 Å². The number of aromatic nitrogens is 2. The van der Waals surface area contributed by atoms with E-state index in [9.17, 15) is 8.42 Å². The van der Waals surface area contributed by atoms with E-state index in [2.05, 4.69) is 26.1 Å². The van der Waals surface area contributed by atoms with Crippen molar-refractivity contribution in [3.63, 3.8) is 0 Å². The summed E-state index contributed by atoms with van der Waals surface area (Å²) in [5, 5.41) is 8.38. The summed E-state index contributed by atoms with van der Waals surface area (Å²) in [6, 6.07) is 36.5. The van der Waals surface area contributed by atoms with Crippen LogP contribution in [-0.4, -0.2) is 22.5 Å². The summed E-state index contributed by atoms with van der Waals surface area (Å²) in [6.07, 6.45) is 0. The zero-order valence-corrected chi connectivity index (χ0v) is 24.8. The fraction of sp³-hybridized carbons (Fsp3) is 0.206. The van der Waals surface area contributed by atoms with Crippen LogP contribution in [0.2, 0.25) is 0 Å². The van der Waals surface area contributed by atoms with E-state index >= 15 is 0 Å². The highest BCUT2D eigenvalue weighted by Crippen LogP contribution is 2.33. The summed E-state index contributed by atoms with van der Waals surface area (Å²) >= 11 is 0. The van der Waals surface area contributed by atoms with Gasteiger partial charge >= 0.3 is 0 Å². The van der Waals surface area contributed by atoms with Crippen LogP contribution < -0.4 is 5.32 Å². The van der Waals surface area contributed by atoms with Crippen molar-refractivity contribution in [3.8, 4) is 5.69 Å². The molecule has 6 nitrogen and oxygen atoms in total. The van der Waals surface area contributed by atoms with Crippen LogP contribution in [0.3, 0.4) is 0 Å². The van der Waals surface area contributed by atoms with Crippen molar-refractivity contribution in [1.29, 1.82) is 0 Å². The zero-order chi connectivity index (χ0) is 29.0. The Morgan fingerprint density at radius 1 is 0.756 bits per heavy atom. The van der Waals surface area contributed by atoms with Crippen LogP contribution in [0.15, 0.2) is 120 Å². The van der Waals surface area contributed by atoms with Crippen molar-refractivity contribution in [3.05, 3.63) is 138 Å². The number of anilines is 2. The van der Waals surface area contributed by atoms with Crippen molar-refractivity contribution in [1.82, 2.24) is 14.1 Å². The second kappa shape index (κ2) is 11.7. The lowest BCUT2D eigenvalue weighted by Crippen LogP contribution is -2.30. The van der Waals surface area contributed by atoms with Crippen LogP contribution in [0.5, 0.6) is 0 Å². The van der Waals surface area contributed by atoms with Gasteiger partial charge < -0.3 is 5.32 Å². The number of nitrogens with one attached hydrogen (secondary N) is 1. The fourth-order valence-electron chi connectivity index (χ4n) is 4.69. The largest absolute Gasteiger partial charge is 0.339 e. The summed E-state index contributed by atoms with van der Waals surface area (Å²) in [4.78, 5) is 0.210. The fourth-order valence-corrected chi connectivity index (χ4v) is 6.26. The highest BCUT2D eigenvalue weighted by molar-refractivity contribution is 7.89. The zero-order valence-electron chi connectivity index (χ0n) is 24.0. The van der Waals surface area contributed by atoms with Gasteiger partial charge in [0, 0.05) is 24.6 Å². The van der Waals surface area contributed by atoms with Crippen molar-refractivity contribution < 1.29 is 8.42 Å². The molecule has 1 aromatic heterocycles. The molecule has 0 atom stereocenters. The van der Waals surface area contributed by atoms with Gasteiger partial charge in [0.15, 0.2) is 0 Å². The molecular weight excluding hydrogens is 528 g/mol. The van der Waals surface area contributed by atoms with Gasteiger partial charge in [0.1, 0.15) is 10.7 Å². The first-order valence-electron chi connectivity index (χ1n) is 13.7. The van der Waals surface area contributed by atoms with Crippen LogP contribution in [0, 0.1) is 6.92 Å². The molecule has 0 saturated carbocycles. The second-order valence-corrected chi connectivity index (χ2v) is 13.1. The third-order valence-electron chi connectivity index (χ3n) is 6.99. The number of para-hydroxylation sites is 2. The van der Waals surface area contributed by atoms with Crippen molar-refractivity contribution >= 4 is 21.5 Å². The van der Waals surface area contributed by atoms with Crippen LogP contribution in [0.4, 0.5) is 11.5 Å². The molecular formula is C34H36N4O2S. The number of aryl methyl sites for hydroxylation is 1. The standard InChI is InChI=1S/C34H36N4O2S/c1-26-15-11-13-21-30(26)38-33(23-32(36-38)34(2,3)4)35-29-20-12-14-22-31(29)41(39,40)37(24-27-16-7-5-8-17-27)25-28-18-9-6-10-19-28/h5-23,35H,24-25H2,1-4H3. The lowest BCUT2D eigenvalue weighted by Gasteiger charge is -2.24. The van der Waals surface area contributed by atoms with E-state index in [-0.39, 0.29) is 23.4 Å². The Kier molecular flexibility index (Phi) is 8.10. The van der Waals surface area contributed by atoms with Crippen LogP contribution >= 0.6 is 0 Å². The number of rotatable bonds is 9. The monoisotopic (exact) mass is 564 g/mol. The molecule has 0 aliphatic rings. The Labute approximate surface area is 243 Å². The molecule has 0 saturated heterocycles. The number of hydrogen-bond donors (Lipinski definition) is 1. The maximum absolute atomic E-state index is 14.4. The molecule has 7 heteroatoms. The number of sulfonamides is 1. The van der Waals surface area contributed by atoms with Crippen LogP contribution in [0.25, 0.3) is 5.69 Å². The van der Waals surface area contributed by atoms with Gasteiger partial charge in [-0.15, -0.1) is 0 Å². The smallest absolute Gasteiger partial charge is 0.245 e. The molecule has 1 N–H and O–H groups in total. The summed E-state index contributed by atoms with van der Waals surface area (Å²) < 4.78 is 32.2. The predicted octanol–water partition coefficient (Wildman–Crippen LogP) is 7.61. The molecule has 0 aliphatic carbocycles. The topological polar surface area (TPSA) is 67.2 Å². The molecule has 210 valence electrons. The Hall–Kier alpha value is -4.20. The third-order valence-corrected chi connectivity index (χ3v) is 8.84. The maximum atomic E-state index is 14.4. The van der Waals surface area contributed by atoms with Gasteiger partial charge in [0.25, 0.3) is 0 Å². The van der Waals surface area contributed by atoms with Gasteiger partial charge in [0.2, 0.25) is 10.0 Å². The summed E-state index contributed by atoms with van der Waals surface area (Å²) in [5.74, 6) is 0.699. The summed E-state index contributed by atoms with van der Waals surface area (Å²) in [6.45, 7) is 8.89. The molecule has 5 aromatic rings. The van der Waals surface area contributed by atoms with Gasteiger partial charge in [-0.3, -0.25) is 0 Å². The molecule has 0 spiro atoms. The molecule has 5 rings (SSSR count). The van der Waals surface area contributed by atoms with Gasteiger partial charge in [-0.05, 0) is 41.8 Å². The summed E-state index contributed by atoms with van der Waals surface area (Å²) in [7, 11) is -3.91. The Bertz CT molecular complexity index is 1680. The predicted molar refractivity (Wildman–Crippen MR) is 166 cm³/mol. The minimum absolute atomic E-state index is 0.196. The lowest BCUT2D eigenvalue weighted by atomic mass is 9.92. The highest BCUT2D eigenvalue weighted by atomic mass is 32.2. The summed E-state index contributed by atoms with van der Waals surface area (Å²) in [5.41, 5.74) is 5.04. The lowest BCUT2D eigenvalue weighted by molar-refractivity contribution is 0.401. The van der Waals surface area contributed by atoms with E-state index in [4.69, 9.17) is 5.10 Å². The maximum Gasteiger partial charge on any atom is 0.245 e. The van der Waals surface area contributed by atoms with Gasteiger partial charge in [-0.1, -0.05) is 112 Å². The Balaban J connectivity index is 1.58. The minimum atomic E-state index is -3.91. The molecule has 0 amide bonds. The molecule has 1 heterocycles. The number of hydrogen-bond acceptors (Lipinski definition) is 4. The first-order valence-corrected chi connectivity index (χ1v) is 15.2. The first kappa shape index (κ1) is 28.3. The molecule has 0 fully saturated rings. The minimum Gasteiger partial charge on any atom is -0.339 e. The van der Waals surface area contributed by atoms with Crippen molar-refractivity contribution in [2.45, 2.75) is 51.1 Å². The second-order valence-electron chi connectivity index (χ2n) is 11.2. The molecule has 41 heavy (non-hydrogen) atoms. The number of benzene rings is 4. The average molecular weight is 565 g/mol. The first-order chi connectivity index (χ1) is 19.6. The molecule has 0 aliphatic heterocycles. The van der Waals surface area contributed by atoms with E-state index in [1.807, 2.05) is 115 Å². The average Bonchev–Trinajstić information content (AvgIpc) is 3.38. The van der Waals surface area contributed by atoms with Gasteiger partial charge in [-0.25, -0.2) is 13.1 Å². The van der Waals surface area contributed by atoms with E-state index in [1.165, 1.54) is 4.31 Å². The molecule has 0 bridgehead atoms. The quantitative estimate of drug-likeness (QED) is 0.200. The SMILES string of the molecule is Cc1ccccc1-n1nc(C(C)(C)C)cc1Nc1ccccc1S(=O)(=O)N(Cc1ccccc1)Cc1ccccc1.